The molecule has 27 heavy (non-hydrogen) atoms. The van der Waals surface area contributed by atoms with Gasteiger partial charge in [-0.2, -0.15) is 0 Å². The van der Waals surface area contributed by atoms with Crippen LogP contribution in [0, 0.1) is 0 Å². The summed E-state index contributed by atoms with van der Waals surface area (Å²) in [7, 11) is 0. The first-order valence-corrected chi connectivity index (χ1v) is 9.37. The Morgan fingerprint density at radius 2 is 1.81 bits per heavy atom. The highest BCUT2D eigenvalue weighted by molar-refractivity contribution is 6.16. The number of carbonyl (C=O) groups is 1. The van der Waals surface area contributed by atoms with Crippen molar-refractivity contribution in [1.29, 1.82) is 0 Å². The Labute approximate surface area is 160 Å². The van der Waals surface area contributed by atoms with Crippen LogP contribution in [-0.4, -0.2) is 22.8 Å². The van der Waals surface area contributed by atoms with E-state index < -0.39 is 0 Å². The summed E-state index contributed by atoms with van der Waals surface area (Å²) in [5.74, 6) is 0.863. The Morgan fingerprint density at radius 3 is 2.48 bits per heavy atom. The van der Waals surface area contributed by atoms with Gasteiger partial charge in [0.1, 0.15) is 5.60 Å². The van der Waals surface area contributed by atoms with Gasteiger partial charge in [0, 0.05) is 30.0 Å². The number of hydrogen-bond donors (Lipinski definition) is 0. The highest BCUT2D eigenvalue weighted by Gasteiger charge is 2.40. The molecule has 0 saturated carbocycles. The zero-order valence-electron chi connectivity index (χ0n) is 16.6. The Hall–Kier alpha value is -2.62. The largest absolute Gasteiger partial charge is 0.483 e. The summed E-state index contributed by atoms with van der Waals surface area (Å²) in [5.41, 5.74) is 4.90. The van der Waals surface area contributed by atoms with E-state index in [1.54, 1.807) is 0 Å². The fraction of sp³-hybridized carbons (Fsp3) is 0.391. The van der Waals surface area contributed by atoms with E-state index >= 15 is 0 Å². The van der Waals surface area contributed by atoms with Crippen LogP contribution in [0.2, 0.25) is 0 Å². The number of carbonyl (C=O) groups excluding carboxylic acids is 1. The third kappa shape index (κ3) is 3.25. The Kier molecular flexibility index (Phi) is 3.91. The van der Waals surface area contributed by atoms with E-state index in [1.165, 1.54) is 6.92 Å². The van der Waals surface area contributed by atoms with Crippen molar-refractivity contribution >= 4 is 11.7 Å². The second-order valence-corrected chi connectivity index (χ2v) is 8.66. The lowest BCUT2D eigenvalue weighted by Gasteiger charge is -2.31. The van der Waals surface area contributed by atoms with Crippen molar-refractivity contribution < 1.29 is 14.3 Å². The second kappa shape index (κ2) is 5.95. The van der Waals surface area contributed by atoms with Gasteiger partial charge in [0.25, 0.3) is 0 Å². The first-order valence-electron chi connectivity index (χ1n) is 9.37. The smallest absolute Gasteiger partial charge is 0.308 e. The monoisotopic (exact) mass is 363 g/mol. The molecular formula is C23H25NO3. The molecule has 0 spiro atoms. The molecule has 2 aromatic carbocycles. The zero-order valence-corrected chi connectivity index (χ0v) is 16.6. The fourth-order valence-corrected chi connectivity index (χ4v) is 4.10. The number of nitrogens with zero attached hydrogens (tertiary/aromatic N) is 1. The molecule has 2 heterocycles. The molecule has 0 N–H and O–H groups in total. The van der Waals surface area contributed by atoms with E-state index in [0.717, 1.165) is 40.8 Å². The minimum absolute atomic E-state index is 0.227. The Morgan fingerprint density at radius 1 is 1.11 bits per heavy atom. The molecule has 4 nitrogen and oxygen atoms in total. The van der Waals surface area contributed by atoms with Crippen molar-refractivity contribution in [1.82, 2.24) is 0 Å². The van der Waals surface area contributed by atoms with Crippen molar-refractivity contribution in [3.05, 3.63) is 58.7 Å². The van der Waals surface area contributed by atoms with Gasteiger partial charge in [0.2, 0.25) is 0 Å². The molecule has 0 fully saturated rings. The van der Waals surface area contributed by atoms with Crippen molar-refractivity contribution in [3.8, 4) is 11.5 Å². The van der Waals surface area contributed by atoms with Crippen LogP contribution in [0.15, 0.2) is 41.4 Å². The van der Waals surface area contributed by atoms with Crippen LogP contribution < -0.4 is 9.47 Å². The number of esters is 1. The van der Waals surface area contributed by atoms with Gasteiger partial charge in [-0.3, -0.25) is 9.79 Å². The summed E-state index contributed by atoms with van der Waals surface area (Å²) in [6.45, 7) is 9.81. The predicted molar refractivity (Wildman–Crippen MR) is 106 cm³/mol. The highest BCUT2D eigenvalue weighted by Crippen LogP contribution is 2.48. The predicted octanol–water partition coefficient (Wildman–Crippen LogP) is 4.50. The number of ether oxygens (including phenoxy) is 2. The Balaban J connectivity index is 1.98. The number of benzene rings is 2. The molecule has 0 radical (unpaired) electrons. The number of hydrogen-bond acceptors (Lipinski definition) is 4. The van der Waals surface area contributed by atoms with E-state index in [4.69, 9.17) is 14.5 Å². The number of aliphatic imine (C=N–C) groups is 1. The van der Waals surface area contributed by atoms with Gasteiger partial charge < -0.3 is 9.47 Å². The van der Waals surface area contributed by atoms with Crippen molar-refractivity contribution in [3.63, 3.8) is 0 Å². The van der Waals surface area contributed by atoms with Gasteiger partial charge in [-0.1, -0.05) is 30.3 Å². The van der Waals surface area contributed by atoms with Crippen molar-refractivity contribution in [2.45, 2.75) is 58.6 Å². The molecule has 2 aliphatic rings. The molecule has 2 aliphatic heterocycles. The molecule has 0 aromatic heterocycles. The highest BCUT2D eigenvalue weighted by atomic mass is 16.6. The number of fused-ring (bicyclic) bond motifs is 3. The SMILES string of the molecule is CC(=O)Oc1cc2c(c3c1OC(C)(C)C3)C(c1ccccc1)=NC(C)(C)C2. The Bertz CT molecular complexity index is 955. The lowest BCUT2D eigenvalue weighted by Crippen LogP contribution is -2.30. The van der Waals surface area contributed by atoms with Crippen LogP contribution in [-0.2, 0) is 17.6 Å². The fourth-order valence-electron chi connectivity index (χ4n) is 4.10. The van der Waals surface area contributed by atoms with Gasteiger partial charge in [-0.05, 0) is 45.7 Å². The van der Waals surface area contributed by atoms with Crippen LogP contribution >= 0.6 is 0 Å². The average molecular weight is 363 g/mol. The maximum atomic E-state index is 11.7. The van der Waals surface area contributed by atoms with Crippen LogP contribution in [0.25, 0.3) is 0 Å². The summed E-state index contributed by atoms with van der Waals surface area (Å²) in [4.78, 5) is 16.7. The van der Waals surface area contributed by atoms with E-state index in [1.807, 2.05) is 24.3 Å². The molecule has 0 amide bonds. The summed E-state index contributed by atoms with van der Waals surface area (Å²) in [6.07, 6.45) is 1.55. The summed E-state index contributed by atoms with van der Waals surface area (Å²) < 4.78 is 11.7. The quantitative estimate of drug-likeness (QED) is 0.583. The van der Waals surface area contributed by atoms with Gasteiger partial charge >= 0.3 is 5.97 Å². The first kappa shape index (κ1) is 17.8. The molecule has 0 saturated heterocycles. The van der Waals surface area contributed by atoms with E-state index in [-0.39, 0.29) is 17.1 Å². The molecule has 0 unspecified atom stereocenters. The first-order chi connectivity index (χ1) is 12.7. The standard InChI is InChI=1S/C23H25NO3/c1-14(25)26-18-11-16-12-22(2,3)24-20(15-9-7-6-8-10-15)19(16)17-13-23(4,5)27-21(17)18/h6-11H,12-13H2,1-5H3. The molecular weight excluding hydrogens is 338 g/mol. The summed E-state index contributed by atoms with van der Waals surface area (Å²) in [5, 5.41) is 0. The van der Waals surface area contributed by atoms with Gasteiger partial charge in [0.15, 0.2) is 11.5 Å². The molecule has 2 aromatic rings. The van der Waals surface area contributed by atoms with E-state index in [2.05, 4.69) is 39.8 Å². The third-order valence-electron chi connectivity index (χ3n) is 4.98. The molecule has 4 heteroatoms. The minimum Gasteiger partial charge on any atom is -0.483 e. The van der Waals surface area contributed by atoms with Crippen molar-refractivity contribution in [2.75, 3.05) is 0 Å². The molecule has 4 rings (SSSR count). The van der Waals surface area contributed by atoms with Crippen LogP contribution in [0.1, 0.15) is 56.9 Å². The van der Waals surface area contributed by atoms with Crippen LogP contribution in [0.5, 0.6) is 11.5 Å². The topological polar surface area (TPSA) is 47.9 Å². The van der Waals surface area contributed by atoms with Crippen LogP contribution in [0.3, 0.4) is 0 Å². The summed E-state index contributed by atoms with van der Waals surface area (Å²) in [6, 6.07) is 12.2. The van der Waals surface area contributed by atoms with Gasteiger partial charge in [-0.25, -0.2) is 0 Å². The normalized spacial score (nSPS) is 18.8. The third-order valence-corrected chi connectivity index (χ3v) is 4.98. The zero-order chi connectivity index (χ0) is 19.4. The maximum absolute atomic E-state index is 11.7. The second-order valence-electron chi connectivity index (χ2n) is 8.66. The molecule has 0 atom stereocenters. The molecule has 140 valence electrons. The lowest BCUT2D eigenvalue weighted by molar-refractivity contribution is -0.132. The minimum atomic E-state index is -0.346. The molecule has 0 bridgehead atoms. The maximum Gasteiger partial charge on any atom is 0.308 e. The number of rotatable bonds is 2. The van der Waals surface area contributed by atoms with E-state index in [9.17, 15) is 4.79 Å². The van der Waals surface area contributed by atoms with Gasteiger partial charge in [0.05, 0.1) is 11.3 Å². The summed E-state index contributed by atoms with van der Waals surface area (Å²) >= 11 is 0. The van der Waals surface area contributed by atoms with Crippen LogP contribution in [0.4, 0.5) is 0 Å². The molecule has 0 aliphatic carbocycles. The van der Waals surface area contributed by atoms with Crippen molar-refractivity contribution in [2.24, 2.45) is 4.99 Å². The lowest BCUT2D eigenvalue weighted by atomic mass is 9.81. The van der Waals surface area contributed by atoms with E-state index in [0.29, 0.717) is 11.5 Å². The van der Waals surface area contributed by atoms with Gasteiger partial charge in [-0.15, -0.1) is 0 Å². The average Bonchev–Trinajstić information content (AvgIpc) is 2.89.